The highest BCUT2D eigenvalue weighted by Crippen LogP contribution is 2.43. The molecule has 1 N–H and O–H groups in total. The van der Waals surface area contributed by atoms with E-state index in [0.717, 1.165) is 12.5 Å². The van der Waals surface area contributed by atoms with E-state index in [-0.39, 0.29) is 11.2 Å². The van der Waals surface area contributed by atoms with Gasteiger partial charge in [-0.15, -0.1) is 0 Å². The zero-order chi connectivity index (χ0) is 14.3. The lowest BCUT2D eigenvalue weighted by atomic mass is 9.82. The molecule has 112 valence electrons. The molecule has 0 aromatic heterocycles. The lowest BCUT2D eigenvalue weighted by Crippen LogP contribution is -2.50. The van der Waals surface area contributed by atoms with Crippen molar-refractivity contribution in [1.82, 2.24) is 10.2 Å². The van der Waals surface area contributed by atoms with E-state index in [1.54, 1.807) is 0 Å². The van der Waals surface area contributed by atoms with E-state index in [9.17, 15) is 0 Å². The summed E-state index contributed by atoms with van der Waals surface area (Å²) in [6, 6.07) is 0.448. The molecule has 3 nitrogen and oxygen atoms in total. The van der Waals surface area contributed by atoms with Crippen LogP contribution in [0.1, 0.15) is 48.0 Å². The standard InChI is InChI=1S/C16H32N2O/c1-7-17-14-13(11-18-9-8-12(2)10-18)15(3,4)19-16(14,5)6/h12-14,17H,7-11H2,1-6H3. The molecule has 2 fully saturated rings. The van der Waals surface area contributed by atoms with Crippen LogP contribution in [0.25, 0.3) is 0 Å². The lowest BCUT2D eigenvalue weighted by molar-refractivity contribution is -0.0793. The summed E-state index contributed by atoms with van der Waals surface area (Å²) in [5.41, 5.74) is -0.113. The van der Waals surface area contributed by atoms with Crippen LogP contribution in [0.5, 0.6) is 0 Å². The van der Waals surface area contributed by atoms with Gasteiger partial charge in [-0.1, -0.05) is 13.8 Å². The second-order valence-corrected chi connectivity index (χ2v) is 7.60. The summed E-state index contributed by atoms with van der Waals surface area (Å²) >= 11 is 0. The van der Waals surface area contributed by atoms with Crippen LogP contribution in [0.3, 0.4) is 0 Å². The average Bonchev–Trinajstić information content (AvgIpc) is 2.73. The molecule has 0 amide bonds. The minimum Gasteiger partial charge on any atom is -0.368 e. The van der Waals surface area contributed by atoms with Crippen molar-refractivity contribution in [3.05, 3.63) is 0 Å². The van der Waals surface area contributed by atoms with Gasteiger partial charge in [-0.25, -0.2) is 0 Å². The van der Waals surface area contributed by atoms with Gasteiger partial charge in [0, 0.05) is 25.0 Å². The van der Waals surface area contributed by atoms with Crippen LogP contribution in [0.4, 0.5) is 0 Å². The average molecular weight is 268 g/mol. The number of likely N-dealkylation sites (tertiary alicyclic amines) is 1. The molecule has 2 saturated heterocycles. The van der Waals surface area contributed by atoms with Crippen molar-refractivity contribution in [2.24, 2.45) is 11.8 Å². The van der Waals surface area contributed by atoms with E-state index in [0.29, 0.717) is 12.0 Å². The van der Waals surface area contributed by atoms with E-state index in [4.69, 9.17) is 4.74 Å². The van der Waals surface area contributed by atoms with Crippen LogP contribution in [0, 0.1) is 11.8 Å². The molecule has 3 atom stereocenters. The van der Waals surface area contributed by atoms with Crippen LogP contribution >= 0.6 is 0 Å². The molecule has 0 aliphatic carbocycles. The monoisotopic (exact) mass is 268 g/mol. The fourth-order valence-electron chi connectivity index (χ4n) is 4.11. The molecular weight excluding hydrogens is 236 g/mol. The molecule has 0 aromatic carbocycles. The van der Waals surface area contributed by atoms with Crippen molar-refractivity contribution in [2.75, 3.05) is 26.2 Å². The van der Waals surface area contributed by atoms with Crippen molar-refractivity contribution in [2.45, 2.75) is 65.2 Å². The topological polar surface area (TPSA) is 24.5 Å². The second kappa shape index (κ2) is 5.34. The first-order valence-electron chi connectivity index (χ1n) is 7.92. The van der Waals surface area contributed by atoms with E-state index in [1.807, 2.05) is 0 Å². The van der Waals surface area contributed by atoms with E-state index >= 15 is 0 Å². The Morgan fingerprint density at radius 2 is 1.89 bits per heavy atom. The number of hydrogen-bond donors (Lipinski definition) is 1. The van der Waals surface area contributed by atoms with Gasteiger partial charge in [-0.05, 0) is 53.1 Å². The normalized spacial score (nSPS) is 37.9. The van der Waals surface area contributed by atoms with Crippen LogP contribution in [-0.2, 0) is 4.74 Å². The van der Waals surface area contributed by atoms with Crippen LogP contribution in [-0.4, -0.2) is 48.3 Å². The van der Waals surface area contributed by atoms with Crippen molar-refractivity contribution in [3.63, 3.8) is 0 Å². The highest BCUT2D eigenvalue weighted by Gasteiger charge is 2.53. The number of rotatable bonds is 4. The van der Waals surface area contributed by atoms with Crippen molar-refractivity contribution < 1.29 is 4.74 Å². The largest absolute Gasteiger partial charge is 0.368 e. The van der Waals surface area contributed by atoms with Crippen molar-refractivity contribution in [3.8, 4) is 0 Å². The summed E-state index contributed by atoms with van der Waals surface area (Å²) in [4.78, 5) is 2.63. The molecular formula is C16H32N2O. The third-order valence-corrected chi connectivity index (χ3v) is 4.96. The predicted molar refractivity (Wildman–Crippen MR) is 80.4 cm³/mol. The molecule has 0 radical (unpaired) electrons. The Labute approximate surface area is 119 Å². The number of hydrogen-bond acceptors (Lipinski definition) is 3. The van der Waals surface area contributed by atoms with Crippen molar-refractivity contribution in [1.29, 1.82) is 0 Å². The van der Waals surface area contributed by atoms with Gasteiger partial charge < -0.3 is 15.0 Å². The third kappa shape index (κ3) is 3.14. The Hall–Kier alpha value is -0.120. The summed E-state index contributed by atoms with van der Waals surface area (Å²) < 4.78 is 6.36. The molecule has 2 rings (SSSR count). The van der Waals surface area contributed by atoms with Gasteiger partial charge in [-0.2, -0.15) is 0 Å². The van der Waals surface area contributed by atoms with Gasteiger partial charge >= 0.3 is 0 Å². The highest BCUT2D eigenvalue weighted by atomic mass is 16.5. The first-order valence-corrected chi connectivity index (χ1v) is 7.92. The Bertz CT molecular complexity index is 314. The van der Waals surface area contributed by atoms with Crippen LogP contribution in [0.15, 0.2) is 0 Å². The smallest absolute Gasteiger partial charge is 0.0790 e. The van der Waals surface area contributed by atoms with Crippen LogP contribution in [0.2, 0.25) is 0 Å². The SMILES string of the molecule is CCNC1C(CN2CCC(C)C2)C(C)(C)OC1(C)C. The van der Waals surface area contributed by atoms with Crippen LogP contribution < -0.4 is 5.32 Å². The molecule has 0 saturated carbocycles. The molecule has 2 aliphatic heterocycles. The summed E-state index contributed by atoms with van der Waals surface area (Å²) in [5, 5.41) is 3.67. The molecule has 19 heavy (non-hydrogen) atoms. The number of nitrogens with one attached hydrogen (secondary N) is 1. The Kier molecular flexibility index (Phi) is 4.29. The lowest BCUT2D eigenvalue weighted by Gasteiger charge is -2.33. The maximum atomic E-state index is 6.36. The number of nitrogens with zero attached hydrogens (tertiary/aromatic N) is 1. The zero-order valence-corrected chi connectivity index (χ0v) is 13.6. The first-order chi connectivity index (χ1) is 8.76. The Morgan fingerprint density at radius 3 is 2.42 bits per heavy atom. The van der Waals surface area contributed by atoms with Gasteiger partial charge in [0.25, 0.3) is 0 Å². The summed E-state index contributed by atoms with van der Waals surface area (Å²) in [7, 11) is 0. The number of likely N-dealkylation sites (N-methyl/N-ethyl adjacent to an activating group) is 1. The van der Waals surface area contributed by atoms with E-state index < -0.39 is 0 Å². The molecule has 0 spiro atoms. The summed E-state index contributed by atoms with van der Waals surface area (Å²) in [5.74, 6) is 1.42. The first kappa shape index (κ1) is 15.3. The van der Waals surface area contributed by atoms with Crippen molar-refractivity contribution >= 4 is 0 Å². The predicted octanol–water partition coefficient (Wildman–Crippen LogP) is 2.51. The fraction of sp³-hybridized carbons (Fsp3) is 1.00. The van der Waals surface area contributed by atoms with E-state index in [1.165, 1.54) is 26.1 Å². The fourth-order valence-corrected chi connectivity index (χ4v) is 4.11. The summed E-state index contributed by atoms with van der Waals surface area (Å²) in [6.07, 6.45) is 1.35. The minimum absolute atomic E-state index is 0.0395. The zero-order valence-electron chi connectivity index (χ0n) is 13.6. The highest BCUT2D eigenvalue weighted by molar-refractivity contribution is 5.06. The Morgan fingerprint density at radius 1 is 1.21 bits per heavy atom. The summed E-state index contributed by atoms with van der Waals surface area (Å²) in [6.45, 7) is 18.2. The number of ether oxygens (including phenoxy) is 1. The van der Waals surface area contributed by atoms with Gasteiger partial charge in [0.05, 0.1) is 11.2 Å². The second-order valence-electron chi connectivity index (χ2n) is 7.60. The van der Waals surface area contributed by atoms with E-state index in [2.05, 4.69) is 51.8 Å². The van der Waals surface area contributed by atoms with Gasteiger partial charge in [0.1, 0.15) is 0 Å². The quantitative estimate of drug-likeness (QED) is 0.848. The molecule has 0 bridgehead atoms. The molecule has 2 heterocycles. The minimum atomic E-state index is -0.0739. The third-order valence-electron chi connectivity index (χ3n) is 4.96. The maximum absolute atomic E-state index is 6.36. The van der Waals surface area contributed by atoms with Gasteiger partial charge in [-0.3, -0.25) is 0 Å². The van der Waals surface area contributed by atoms with Gasteiger partial charge in [0.2, 0.25) is 0 Å². The Balaban J connectivity index is 2.10. The molecule has 2 aliphatic rings. The maximum Gasteiger partial charge on any atom is 0.0790 e. The molecule has 3 heteroatoms. The van der Waals surface area contributed by atoms with Gasteiger partial charge in [0.15, 0.2) is 0 Å². The molecule has 0 aromatic rings. The molecule has 3 unspecified atom stereocenters.